The first-order valence-electron chi connectivity index (χ1n) is 23.5. The van der Waals surface area contributed by atoms with Crippen molar-refractivity contribution in [1.82, 2.24) is 5.32 Å². The summed E-state index contributed by atoms with van der Waals surface area (Å²) in [4.78, 5) is 26.0. The molecule has 0 bridgehead atoms. The molecular weight excluding hydrogens is 719 g/mol. The number of amides is 1. The van der Waals surface area contributed by atoms with Crippen LogP contribution in [0.4, 0.5) is 0 Å². The van der Waals surface area contributed by atoms with Gasteiger partial charge in [-0.25, -0.2) is 0 Å². The van der Waals surface area contributed by atoms with E-state index in [2.05, 4.69) is 92.9 Å². The van der Waals surface area contributed by atoms with Gasteiger partial charge in [-0.1, -0.05) is 208 Å². The minimum Gasteiger partial charge on any atom is -0.461 e. The second-order valence-corrected chi connectivity index (χ2v) is 15.5. The Hall–Kier alpha value is -3.22. The third kappa shape index (κ3) is 39.6. The highest BCUT2D eigenvalue weighted by atomic mass is 16.5. The van der Waals surface area contributed by atoms with Crippen LogP contribution in [-0.4, -0.2) is 46.9 Å². The fourth-order valence-electron chi connectivity index (χ4n) is 6.42. The Bertz CT molecular complexity index is 1180. The van der Waals surface area contributed by atoms with Crippen LogP contribution in [0.25, 0.3) is 0 Å². The van der Waals surface area contributed by atoms with Crippen molar-refractivity contribution in [2.75, 3.05) is 6.61 Å². The number of allylic oxidation sites excluding steroid dienone is 15. The molecule has 0 aliphatic heterocycles. The fraction of sp³-hybridized carbons (Fsp3) is 0.654. The summed E-state index contributed by atoms with van der Waals surface area (Å²) < 4.78 is 5.84. The van der Waals surface area contributed by atoms with Gasteiger partial charge in [-0.3, -0.25) is 9.59 Å². The van der Waals surface area contributed by atoms with Gasteiger partial charge in [0.15, 0.2) is 0 Å². The number of hydrogen-bond acceptors (Lipinski definition) is 5. The Balaban J connectivity index is 4.82. The van der Waals surface area contributed by atoms with Crippen LogP contribution in [-0.2, 0) is 14.3 Å². The van der Waals surface area contributed by atoms with E-state index in [1.807, 2.05) is 30.4 Å². The third-order valence-electron chi connectivity index (χ3n) is 9.99. The Morgan fingerprint density at radius 1 is 0.552 bits per heavy atom. The van der Waals surface area contributed by atoms with Gasteiger partial charge in [0.1, 0.15) is 6.10 Å². The number of rotatable bonds is 40. The first kappa shape index (κ1) is 54.8. The number of esters is 1. The number of nitrogens with one attached hydrogen (secondary N) is 1. The standard InChI is InChI=1S/C52H87NO5/c1-4-7-10-13-16-19-21-23-25-27-29-32-34-37-40-43-48(46-51(56)53-49(47-54)50(55)44-41-38-35-31-18-15-12-9-6-3)58-52(57)45-42-39-36-33-30-28-26-24-22-20-17-14-11-8-5-2/h8,11,14,16-17,19-20,22-26,29,32,37,40,48-50,54-55H,4-7,9-10,12-13,15,18,21,27-28,30-31,33-36,38-39,41-47H2,1-3H3,(H,53,56)/b11-8+,17-14+,19-16-,22-20+,25-23-,26-24-,32-29-,40-37-. The molecule has 0 aromatic carbocycles. The summed E-state index contributed by atoms with van der Waals surface area (Å²) in [5, 5.41) is 23.6. The lowest BCUT2D eigenvalue weighted by atomic mass is 10.0. The van der Waals surface area contributed by atoms with E-state index in [0.29, 0.717) is 19.3 Å². The van der Waals surface area contributed by atoms with Gasteiger partial charge in [0, 0.05) is 12.8 Å². The van der Waals surface area contributed by atoms with Crippen molar-refractivity contribution >= 4 is 11.9 Å². The van der Waals surface area contributed by atoms with Gasteiger partial charge in [0.2, 0.25) is 5.91 Å². The van der Waals surface area contributed by atoms with Crippen molar-refractivity contribution in [3.05, 3.63) is 97.2 Å². The normalized spacial score (nSPS) is 14.2. The van der Waals surface area contributed by atoms with Crippen molar-refractivity contribution in [3.8, 4) is 0 Å². The zero-order valence-corrected chi connectivity index (χ0v) is 37.4. The van der Waals surface area contributed by atoms with Crippen LogP contribution < -0.4 is 5.32 Å². The van der Waals surface area contributed by atoms with Crippen molar-refractivity contribution in [1.29, 1.82) is 0 Å². The quantitative estimate of drug-likeness (QED) is 0.0248. The minimum atomic E-state index is -0.818. The molecule has 0 fully saturated rings. The number of aliphatic hydroxyl groups excluding tert-OH is 2. The maximum absolute atomic E-state index is 13.1. The second kappa shape index (κ2) is 44.9. The van der Waals surface area contributed by atoms with Crippen LogP contribution in [0.15, 0.2) is 97.2 Å². The van der Waals surface area contributed by atoms with Gasteiger partial charge in [-0.2, -0.15) is 0 Å². The number of ether oxygens (including phenoxy) is 1. The topological polar surface area (TPSA) is 95.9 Å². The Labute approximate surface area is 356 Å². The van der Waals surface area contributed by atoms with Crippen LogP contribution in [0.1, 0.15) is 194 Å². The largest absolute Gasteiger partial charge is 0.461 e. The average Bonchev–Trinajstić information content (AvgIpc) is 3.22. The Morgan fingerprint density at radius 3 is 1.66 bits per heavy atom. The van der Waals surface area contributed by atoms with E-state index in [4.69, 9.17) is 4.74 Å². The van der Waals surface area contributed by atoms with Gasteiger partial charge in [0.25, 0.3) is 0 Å². The highest BCUT2D eigenvalue weighted by Gasteiger charge is 2.23. The highest BCUT2D eigenvalue weighted by molar-refractivity contribution is 5.77. The van der Waals surface area contributed by atoms with Crippen LogP contribution in [0.3, 0.4) is 0 Å². The first-order valence-corrected chi connectivity index (χ1v) is 23.5. The molecule has 0 aliphatic rings. The zero-order valence-electron chi connectivity index (χ0n) is 37.4. The molecule has 0 rings (SSSR count). The van der Waals surface area contributed by atoms with Gasteiger partial charge in [-0.15, -0.1) is 0 Å². The molecule has 58 heavy (non-hydrogen) atoms. The number of unbranched alkanes of at least 4 members (excludes halogenated alkanes) is 16. The molecule has 0 heterocycles. The third-order valence-corrected chi connectivity index (χ3v) is 9.99. The van der Waals surface area contributed by atoms with Crippen molar-refractivity contribution in [3.63, 3.8) is 0 Å². The molecule has 0 aromatic heterocycles. The lowest BCUT2D eigenvalue weighted by molar-refractivity contribution is -0.150. The Morgan fingerprint density at radius 2 is 1.03 bits per heavy atom. The Kier molecular flexibility index (Phi) is 42.4. The van der Waals surface area contributed by atoms with Gasteiger partial charge < -0.3 is 20.3 Å². The molecule has 1 amide bonds. The number of hydrogen-bond donors (Lipinski definition) is 3. The summed E-state index contributed by atoms with van der Waals surface area (Å²) in [6.45, 7) is 6.24. The molecule has 3 N–H and O–H groups in total. The molecule has 0 saturated heterocycles. The molecule has 0 spiro atoms. The van der Waals surface area contributed by atoms with Gasteiger partial charge in [-0.05, 0) is 64.2 Å². The van der Waals surface area contributed by atoms with Crippen molar-refractivity contribution in [2.24, 2.45) is 0 Å². The van der Waals surface area contributed by atoms with Gasteiger partial charge in [0.05, 0.1) is 25.2 Å². The molecule has 0 radical (unpaired) electrons. The fourth-order valence-corrected chi connectivity index (χ4v) is 6.42. The maximum atomic E-state index is 13.1. The van der Waals surface area contributed by atoms with E-state index in [1.54, 1.807) is 0 Å². The lowest BCUT2D eigenvalue weighted by Gasteiger charge is -2.24. The second-order valence-electron chi connectivity index (χ2n) is 15.5. The summed E-state index contributed by atoms with van der Waals surface area (Å²) in [6, 6.07) is -0.739. The molecule has 0 aliphatic carbocycles. The number of aliphatic hydroxyl groups is 2. The van der Waals surface area contributed by atoms with Crippen LogP contribution in [0.2, 0.25) is 0 Å². The summed E-state index contributed by atoms with van der Waals surface area (Å²) >= 11 is 0. The van der Waals surface area contributed by atoms with E-state index in [0.717, 1.165) is 83.5 Å². The molecular formula is C52H87NO5. The summed E-state index contributed by atoms with van der Waals surface area (Å²) in [7, 11) is 0. The van der Waals surface area contributed by atoms with Crippen LogP contribution in [0, 0.1) is 0 Å². The molecule has 6 nitrogen and oxygen atoms in total. The highest BCUT2D eigenvalue weighted by Crippen LogP contribution is 2.15. The van der Waals surface area contributed by atoms with E-state index < -0.39 is 18.2 Å². The maximum Gasteiger partial charge on any atom is 0.306 e. The predicted molar refractivity (Wildman–Crippen MR) is 250 cm³/mol. The molecule has 3 unspecified atom stereocenters. The van der Waals surface area contributed by atoms with E-state index >= 15 is 0 Å². The van der Waals surface area contributed by atoms with Crippen molar-refractivity contribution < 1.29 is 24.5 Å². The lowest BCUT2D eigenvalue weighted by Crippen LogP contribution is -2.46. The van der Waals surface area contributed by atoms with E-state index in [9.17, 15) is 19.8 Å². The monoisotopic (exact) mass is 806 g/mol. The SMILES string of the molecule is CC/C=C/C=C/C=C/C=C\CCCCCCCC(=O)OC(C/C=C\C/C=C\C/C=C\C/C=C\CCCCC)CC(=O)NC(CO)C(O)CCCCCCCCCCC. The summed E-state index contributed by atoms with van der Waals surface area (Å²) in [5.74, 6) is -0.615. The van der Waals surface area contributed by atoms with Crippen LogP contribution in [0.5, 0.6) is 0 Å². The molecule has 0 saturated carbocycles. The summed E-state index contributed by atoms with van der Waals surface area (Å²) in [6.07, 6.45) is 59.1. The molecule has 6 heteroatoms. The first-order chi connectivity index (χ1) is 28.5. The molecule has 0 aromatic rings. The smallest absolute Gasteiger partial charge is 0.306 e. The average molecular weight is 806 g/mol. The molecule has 3 atom stereocenters. The number of carbonyl (C=O) groups is 2. The van der Waals surface area contributed by atoms with Gasteiger partial charge >= 0.3 is 5.97 Å². The zero-order chi connectivity index (χ0) is 42.4. The predicted octanol–water partition coefficient (Wildman–Crippen LogP) is 13.8. The van der Waals surface area contributed by atoms with E-state index in [1.165, 1.54) is 64.2 Å². The molecule has 330 valence electrons. The van der Waals surface area contributed by atoms with E-state index in [-0.39, 0.29) is 24.9 Å². The number of carbonyl (C=O) groups excluding carboxylic acids is 2. The summed E-state index contributed by atoms with van der Waals surface area (Å²) in [5.41, 5.74) is 0. The van der Waals surface area contributed by atoms with Crippen molar-refractivity contribution in [2.45, 2.75) is 212 Å². The minimum absolute atomic E-state index is 0.0140. The van der Waals surface area contributed by atoms with Crippen LogP contribution >= 0.6 is 0 Å².